The Morgan fingerprint density at radius 1 is 1.43 bits per heavy atom. The number of aliphatic carboxylic acids is 1. The zero-order valence-electron chi connectivity index (χ0n) is 12.2. The molecule has 0 bridgehead atoms. The van der Waals surface area contributed by atoms with Crippen molar-refractivity contribution in [3.63, 3.8) is 0 Å². The molecule has 0 amide bonds. The number of nitrogens with zero attached hydrogens (tertiary/aromatic N) is 1. The fraction of sp³-hybridized carbons (Fsp3) is 0.333. The Bertz CT molecular complexity index is 796. The Balaban J connectivity index is 2.14. The van der Waals surface area contributed by atoms with Crippen LogP contribution in [0.4, 0.5) is 4.39 Å². The maximum absolute atomic E-state index is 13.5. The number of fused-ring (bicyclic) bond motifs is 1. The highest BCUT2D eigenvalue weighted by Gasteiger charge is 2.44. The lowest BCUT2D eigenvalue weighted by atomic mass is 9.72. The Hall–Kier alpha value is -1.93. The second-order valence-electron chi connectivity index (χ2n) is 5.59. The van der Waals surface area contributed by atoms with Gasteiger partial charge in [-0.25, -0.2) is 9.37 Å². The molecule has 5 N–H and O–H groups in total. The van der Waals surface area contributed by atoms with Gasteiger partial charge < -0.3 is 21.1 Å². The van der Waals surface area contributed by atoms with Crippen LogP contribution in [0.1, 0.15) is 18.7 Å². The van der Waals surface area contributed by atoms with Crippen molar-refractivity contribution in [1.29, 1.82) is 0 Å². The summed E-state index contributed by atoms with van der Waals surface area (Å²) < 4.78 is 14.0. The van der Waals surface area contributed by atoms with Crippen molar-refractivity contribution in [1.82, 2.24) is 15.3 Å². The lowest BCUT2D eigenvalue weighted by Crippen LogP contribution is -2.43. The van der Waals surface area contributed by atoms with E-state index in [0.29, 0.717) is 52.8 Å². The minimum Gasteiger partial charge on any atom is -0.481 e. The molecule has 23 heavy (non-hydrogen) atoms. The van der Waals surface area contributed by atoms with Crippen LogP contribution in [0.5, 0.6) is 0 Å². The number of piperidine rings is 1. The van der Waals surface area contributed by atoms with E-state index >= 15 is 0 Å². The number of rotatable bonds is 3. The Morgan fingerprint density at radius 3 is 2.74 bits per heavy atom. The number of hydrogen-bond acceptors (Lipinski definition) is 4. The highest BCUT2D eigenvalue weighted by atomic mass is 79.9. The molecule has 0 radical (unpaired) electrons. The van der Waals surface area contributed by atoms with E-state index in [-0.39, 0.29) is 0 Å². The van der Waals surface area contributed by atoms with Gasteiger partial charge in [-0.3, -0.25) is 4.79 Å². The summed E-state index contributed by atoms with van der Waals surface area (Å²) in [5.41, 5.74) is 6.11. The number of nitrogens with one attached hydrogen (secondary N) is 2. The molecule has 6 nitrogen and oxygen atoms in total. The molecule has 8 heteroatoms. The molecular weight excluding hydrogens is 367 g/mol. The van der Waals surface area contributed by atoms with Crippen LogP contribution in [0.2, 0.25) is 0 Å². The SMILES string of the molecule is NC=C(c1nc2c(Br)cc(F)cc2[nH]1)C1(C(=O)O)CCNCC1. The van der Waals surface area contributed by atoms with Gasteiger partial charge in [0.05, 0.1) is 5.52 Å². The molecule has 0 unspecified atom stereocenters. The first kappa shape index (κ1) is 15.9. The maximum atomic E-state index is 13.5. The van der Waals surface area contributed by atoms with Gasteiger partial charge in [0.15, 0.2) is 0 Å². The van der Waals surface area contributed by atoms with Gasteiger partial charge in [-0.1, -0.05) is 0 Å². The largest absolute Gasteiger partial charge is 0.481 e. The lowest BCUT2D eigenvalue weighted by Gasteiger charge is -2.34. The smallest absolute Gasteiger partial charge is 0.314 e. The minimum atomic E-state index is -1.10. The first-order valence-corrected chi connectivity index (χ1v) is 7.99. The molecule has 1 aromatic heterocycles. The van der Waals surface area contributed by atoms with Crippen LogP contribution >= 0.6 is 15.9 Å². The van der Waals surface area contributed by atoms with Crippen molar-refractivity contribution < 1.29 is 14.3 Å². The molecule has 0 atom stereocenters. The number of H-pyrrole nitrogens is 1. The lowest BCUT2D eigenvalue weighted by molar-refractivity contribution is -0.146. The molecular formula is C15H16BrFN4O2. The number of imidazole rings is 1. The van der Waals surface area contributed by atoms with Crippen LogP contribution in [-0.2, 0) is 4.79 Å². The van der Waals surface area contributed by atoms with Crippen LogP contribution in [0, 0.1) is 11.2 Å². The summed E-state index contributed by atoms with van der Waals surface area (Å²) in [6.45, 7) is 1.17. The summed E-state index contributed by atoms with van der Waals surface area (Å²) in [4.78, 5) is 19.4. The van der Waals surface area contributed by atoms with Crippen LogP contribution in [0.15, 0.2) is 22.8 Å². The van der Waals surface area contributed by atoms with E-state index in [2.05, 4.69) is 31.2 Å². The van der Waals surface area contributed by atoms with Gasteiger partial charge in [-0.2, -0.15) is 0 Å². The monoisotopic (exact) mass is 382 g/mol. The number of hydrogen-bond donors (Lipinski definition) is 4. The van der Waals surface area contributed by atoms with Crippen molar-refractivity contribution in [2.75, 3.05) is 13.1 Å². The van der Waals surface area contributed by atoms with Crippen LogP contribution < -0.4 is 11.1 Å². The number of benzene rings is 1. The highest BCUT2D eigenvalue weighted by Crippen LogP contribution is 2.42. The van der Waals surface area contributed by atoms with E-state index in [9.17, 15) is 14.3 Å². The van der Waals surface area contributed by atoms with Crippen molar-refractivity contribution in [3.05, 3.63) is 34.4 Å². The fourth-order valence-corrected chi connectivity index (χ4v) is 3.61. The third-order valence-corrected chi connectivity index (χ3v) is 4.91. The predicted octanol–water partition coefficient (Wildman–Crippen LogP) is 2.22. The second-order valence-corrected chi connectivity index (χ2v) is 6.44. The van der Waals surface area contributed by atoms with E-state index in [4.69, 9.17) is 5.73 Å². The number of aromatic amines is 1. The summed E-state index contributed by atoms with van der Waals surface area (Å²) in [6.07, 6.45) is 2.12. The molecule has 1 aliphatic heterocycles. The normalized spacial score (nSPS) is 18.3. The predicted molar refractivity (Wildman–Crippen MR) is 88.1 cm³/mol. The van der Waals surface area contributed by atoms with E-state index < -0.39 is 17.2 Å². The topological polar surface area (TPSA) is 104 Å². The molecule has 1 aliphatic rings. The summed E-state index contributed by atoms with van der Waals surface area (Å²) in [6, 6.07) is 2.64. The molecule has 1 aromatic carbocycles. The molecule has 2 aromatic rings. The van der Waals surface area contributed by atoms with Crippen molar-refractivity contribution >= 4 is 38.5 Å². The Kier molecular flexibility index (Phi) is 4.11. The molecule has 0 spiro atoms. The number of carboxylic acid groups (broad SMARTS) is 1. The zero-order valence-corrected chi connectivity index (χ0v) is 13.8. The molecule has 0 saturated carbocycles. The number of aromatic nitrogens is 2. The van der Waals surface area contributed by atoms with Crippen molar-refractivity contribution in [3.8, 4) is 0 Å². The average molecular weight is 383 g/mol. The molecule has 0 aliphatic carbocycles. The molecule has 122 valence electrons. The Labute approximate surface area is 140 Å². The van der Waals surface area contributed by atoms with E-state index in [0.717, 1.165) is 0 Å². The summed E-state index contributed by atoms with van der Waals surface area (Å²) in [5.74, 6) is -0.979. The Morgan fingerprint density at radius 2 is 2.13 bits per heavy atom. The van der Waals surface area contributed by atoms with Gasteiger partial charge in [-0.15, -0.1) is 0 Å². The van der Waals surface area contributed by atoms with Gasteiger partial charge in [0.2, 0.25) is 0 Å². The number of carbonyl (C=O) groups is 1. The van der Waals surface area contributed by atoms with Gasteiger partial charge in [0.1, 0.15) is 22.6 Å². The zero-order chi connectivity index (χ0) is 16.6. The third-order valence-electron chi connectivity index (χ3n) is 4.31. The average Bonchev–Trinajstić information content (AvgIpc) is 2.92. The summed E-state index contributed by atoms with van der Waals surface area (Å²) in [7, 11) is 0. The van der Waals surface area contributed by atoms with E-state index in [1.807, 2.05) is 0 Å². The number of carboxylic acids is 1. The minimum absolute atomic E-state index is 0.359. The van der Waals surface area contributed by atoms with Crippen molar-refractivity contribution in [2.45, 2.75) is 12.8 Å². The number of halogens is 2. The molecule has 1 saturated heterocycles. The quantitative estimate of drug-likeness (QED) is 0.651. The third kappa shape index (κ3) is 2.61. The first-order valence-electron chi connectivity index (χ1n) is 7.19. The van der Waals surface area contributed by atoms with Gasteiger partial charge >= 0.3 is 5.97 Å². The summed E-state index contributed by atoms with van der Waals surface area (Å²) in [5, 5.41) is 12.9. The van der Waals surface area contributed by atoms with Gasteiger partial charge in [0, 0.05) is 16.2 Å². The highest BCUT2D eigenvalue weighted by molar-refractivity contribution is 9.10. The van der Waals surface area contributed by atoms with Gasteiger partial charge in [-0.05, 0) is 54.0 Å². The second kappa shape index (κ2) is 5.93. The van der Waals surface area contributed by atoms with E-state index in [1.165, 1.54) is 18.3 Å². The summed E-state index contributed by atoms with van der Waals surface area (Å²) >= 11 is 3.27. The fourth-order valence-electron chi connectivity index (χ4n) is 3.09. The standard InChI is InChI=1S/C15H16BrFN4O2/c16-10-5-8(17)6-11-12(10)21-13(20-11)9(7-18)15(14(22)23)1-3-19-4-2-15/h5-7,19H,1-4,18H2,(H,20,21)(H,22,23). The molecule has 2 heterocycles. The van der Waals surface area contributed by atoms with Crippen LogP contribution in [-0.4, -0.2) is 34.1 Å². The molecule has 3 rings (SSSR count). The van der Waals surface area contributed by atoms with Crippen LogP contribution in [0.3, 0.4) is 0 Å². The van der Waals surface area contributed by atoms with Gasteiger partial charge in [0.25, 0.3) is 0 Å². The van der Waals surface area contributed by atoms with Crippen LogP contribution in [0.25, 0.3) is 16.6 Å². The van der Waals surface area contributed by atoms with Crippen molar-refractivity contribution in [2.24, 2.45) is 11.1 Å². The number of nitrogens with two attached hydrogens (primary N) is 1. The van der Waals surface area contributed by atoms with E-state index in [1.54, 1.807) is 0 Å². The first-order chi connectivity index (χ1) is 11.0. The molecule has 1 fully saturated rings. The maximum Gasteiger partial charge on any atom is 0.314 e.